The van der Waals surface area contributed by atoms with Crippen LogP contribution in [0.2, 0.25) is 0 Å². The Balaban J connectivity index is 1.81. The minimum Gasteiger partial charge on any atom is -0.371 e. The Morgan fingerprint density at radius 3 is 2.70 bits per heavy atom. The number of carbonyl (C=O) groups is 1. The maximum Gasteiger partial charge on any atom is 0.254 e. The first-order valence-corrected chi connectivity index (χ1v) is 9.78. The van der Waals surface area contributed by atoms with Crippen LogP contribution in [-0.2, 0) is 9.53 Å². The summed E-state index contributed by atoms with van der Waals surface area (Å²) in [5.74, 6) is 0.298. The quantitative estimate of drug-likeness (QED) is 0.615. The molecule has 0 radical (unpaired) electrons. The highest BCUT2D eigenvalue weighted by Crippen LogP contribution is 2.31. The van der Waals surface area contributed by atoms with E-state index < -0.39 is 0 Å². The number of ether oxygens (including phenoxy) is 1. The Hall–Kier alpha value is -3.36. The van der Waals surface area contributed by atoms with Gasteiger partial charge in [0.25, 0.3) is 5.56 Å². The smallest absolute Gasteiger partial charge is 0.254 e. The molecule has 0 saturated carbocycles. The highest BCUT2D eigenvalue weighted by atomic mass is 16.5. The van der Waals surface area contributed by atoms with Gasteiger partial charge in [0, 0.05) is 60.3 Å². The summed E-state index contributed by atoms with van der Waals surface area (Å²) < 4.78 is 5.90. The van der Waals surface area contributed by atoms with Gasteiger partial charge in [-0.3, -0.25) is 14.6 Å². The third kappa shape index (κ3) is 4.14. The van der Waals surface area contributed by atoms with Gasteiger partial charge in [-0.2, -0.15) is 0 Å². The van der Waals surface area contributed by atoms with E-state index in [1.807, 2.05) is 30.3 Å². The zero-order valence-corrected chi connectivity index (χ0v) is 16.9. The molecular weight excluding hydrogens is 382 g/mol. The Morgan fingerprint density at radius 1 is 1.20 bits per heavy atom. The first-order valence-electron chi connectivity index (χ1n) is 9.78. The lowest BCUT2D eigenvalue weighted by Crippen LogP contribution is -2.33. The Morgan fingerprint density at radius 2 is 2.00 bits per heavy atom. The van der Waals surface area contributed by atoms with Crippen molar-refractivity contribution in [2.75, 3.05) is 25.0 Å². The molecule has 154 valence electrons. The van der Waals surface area contributed by atoms with Crippen LogP contribution in [0.25, 0.3) is 22.6 Å². The van der Waals surface area contributed by atoms with Crippen molar-refractivity contribution in [1.29, 1.82) is 0 Å². The predicted molar refractivity (Wildman–Crippen MR) is 114 cm³/mol. The van der Waals surface area contributed by atoms with Gasteiger partial charge in [0.1, 0.15) is 5.82 Å². The molecule has 1 aliphatic rings. The maximum atomic E-state index is 12.6. The van der Waals surface area contributed by atoms with Gasteiger partial charge in [0.15, 0.2) is 0 Å². The molecule has 2 aromatic heterocycles. The zero-order chi connectivity index (χ0) is 21.1. The van der Waals surface area contributed by atoms with E-state index in [1.165, 1.54) is 6.92 Å². The minimum absolute atomic E-state index is 0.158. The van der Waals surface area contributed by atoms with Crippen LogP contribution in [0.3, 0.4) is 0 Å². The number of nitrogens with zero attached hydrogens (tertiary/aromatic N) is 2. The third-order valence-corrected chi connectivity index (χ3v) is 5.02. The van der Waals surface area contributed by atoms with Crippen LogP contribution in [0.5, 0.6) is 0 Å². The van der Waals surface area contributed by atoms with Crippen LogP contribution in [0.1, 0.15) is 24.2 Å². The fourth-order valence-electron chi connectivity index (χ4n) is 3.51. The Kier molecular flexibility index (Phi) is 5.69. The van der Waals surface area contributed by atoms with E-state index in [1.54, 1.807) is 19.3 Å². The predicted octanol–water partition coefficient (Wildman–Crippen LogP) is 2.43. The molecule has 1 aromatic carbocycles. The summed E-state index contributed by atoms with van der Waals surface area (Å²) >= 11 is 0. The SMILES string of the molecule is CC(=O)Nc1ccc(-c2nc(-c3ccncc3)c(C)c(=O)[nH]2)cc1[C@@H]1CNCCO1. The molecule has 0 unspecified atom stereocenters. The molecule has 0 aliphatic carbocycles. The van der Waals surface area contributed by atoms with Gasteiger partial charge in [0.05, 0.1) is 18.4 Å². The number of aromatic nitrogens is 3. The molecule has 3 aromatic rings. The first-order chi connectivity index (χ1) is 14.5. The van der Waals surface area contributed by atoms with Gasteiger partial charge in [0.2, 0.25) is 5.91 Å². The van der Waals surface area contributed by atoms with Crippen molar-refractivity contribution in [2.24, 2.45) is 0 Å². The van der Waals surface area contributed by atoms with Crippen LogP contribution in [0.4, 0.5) is 5.69 Å². The molecule has 8 heteroatoms. The summed E-state index contributed by atoms with van der Waals surface area (Å²) in [4.78, 5) is 35.9. The molecule has 1 atom stereocenters. The lowest BCUT2D eigenvalue weighted by atomic mass is 10.0. The fourth-order valence-corrected chi connectivity index (χ4v) is 3.51. The van der Waals surface area contributed by atoms with Crippen molar-refractivity contribution in [3.8, 4) is 22.6 Å². The monoisotopic (exact) mass is 405 g/mol. The van der Waals surface area contributed by atoms with Crippen molar-refractivity contribution < 1.29 is 9.53 Å². The molecule has 3 N–H and O–H groups in total. The van der Waals surface area contributed by atoms with E-state index >= 15 is 0 Å². The molecule has 8 nitrogen and oxygen atoms in total. The van der Waals surface area contributed by atoms with E-state index in [4.69, 9.17) is 9.72 Å². The van der Waals surface area contributed by atoms with Gasteiger partial charge >= 0.3 is 0 Å². The Bertz CT molecular complexity index is 1120. The van der Waals surface area contributed by atoms with E-state index in [-0.39, 0.29) is 17.6 Å². The number of carbonyl (C=O) groups excluding carboxylic acids is 1. The number of H-pyrrole nitrogens is 1. The average molecular weight is 405 g/mol. The largest absolute Gasteiger partial charge is 0.371 e. The van der Waals surface area contributed by atoms with Crippen LogP contribution >= 0.6 is 0 Å². The lowest BCUT2D eigenvalue weighted by molar-refractivity contribution is -0.114. The van der Waals surface area contributed by atoms with Gasteiger partial charge in [-0.1, -0.05) is 0 Å². The number of amides is 1. The maximum absolute atomic E-state index is 12.6. The molecule has 1 fully saturated rings. The molecular formula is C22H23N5O3. The van der Waals surface area contributed by atoms with Crippen LogP contribution < -0.4 is 16.2 Å². The van der Waals surface area contributed by atoms with E-state index in [0.717, 1.165) is 23.2 Å². The summed E-state index contributed by atoms with van der Waals surface area (Å²) in [6.45, 7) is 5.22. The summed E-state index contributed by atoms with van der Waals surface area (Å²) in [7, 11) is 0. The number of hydrogen-bond acceptors (Lipinski definition) is 6. The summed E-state index contributed by atoms with van der Waals surface area (Å²) in [5.41, 5.74) is 4.03. The van der Waals surface area contributed by atoms with Gasteiger partial charge in [-0.25, -0.2) is 4.98 Å². The number of anilines is 1. The van der Waals surface area contributed by atoms with Crippen molar-refractivity contribution in [2.45, 2.75) is 20.0 Å². The molecule has 3 heterocycles. The van der Waals surface area contributed by atoms with Gasteiger partial charge in [-0.05, 0) is 37.3 Å². The van der Waals surface area contributed by atoms with E-state index in [2.05, 4.69) is 20.6 Å². The molecule has 0 spiro atoms. The van der Waals surface area contributed by atoms with Crippen molar-refractivity contribution in [1.82, 2.24) is 20.3 Å². The zero-order valence-electron chi connectivity index (χ0n) is 16.9. The van der Waals surface area contributed by atoms with Crippen molar-refractivity contribution in [3.05, 3.63) is 64.2 Å². The molecule has 0 bridgehead atoms. The Labute approximate surface area is 173 Å². The standard InChI is InChI=1S/C22H23N5O3/c1-13-20(15-5-7-23-8-6-15)26-21(27-22(13)29)16-3-4-18(25-14(2)28)17(11-16)19-12-24-9-10-30-19/h3-8,11,19,24H,9-10,12H2,1-2H3,(H,25,28)(H,26,27,29)/t19-/m0/s1. The number of pyridine rings is 1. The second-order valence-electron chi connectivity index (χ2n) is 7.17. The van der Waals surface area contributed by atoms with Crippen LogP contribution in [0, 0.1) is 6.92 Å². The first kappa shape index (κ1) is 19.9. The van der Waals surface area contributed by atoms with Gasteiger partial charge < -0.3 is 20.4 Å². The molecule has 30 heavy (non-hydrogen) atoms. The number of morpholine rings is 1. The van der Waals surface area contributed by atoms with E-state index in [9.17, 15) is 9.59 Å². The minimum atomic E-state index is -0.211. The highest BCUT2D eigenvalue weighted by Gasteiger charge is 2.21. The third-order valence-electron chi connectivity index (χ3n) is 5.02. The molecule has 1 saturated heterocycles. The normalized spacial score (nSPS) is 16.3. The second kappa shape index (κ2) is 8.56. The van der Waals surface area contributed by atoms with Gasteiger partial charge in [-0.15, -0.1) is 0 Å². The van der Waals surface area contributed by atoms with E-state index in [0.29, 0.717) is 35.9 Å². The topological polar surface area (TPSA) is 109 Å². The second-order valence-corrected chi connectivity index (χ2v) is 7.17. The van der Waals surface area contributed by atoms with Crippen LogP contribution in [0.15, 0.2) is 47.5 Å². The lowest BCUT2D eigenvalue weighted by Gasteiger charge is -2.26. The average Bonchev–Trinajstić information content (AvgIpc) is 2.76. The number of rotatable bonds is 4. The molecule has 4 rings (SSSR count). The summed E-state index contributed by atoms with van der Waals surface area (Å²) in [6.07, 6.45) is 3.13. The highest BCUT2D eigenvalue weighted by molar-refractivity contribution is 5.90. The number of aromatic amines is 1. The summed E-state index contributed by atoms with van der Waals surface area (Å²) in [5, 5.41) is 6.16. The fraction of sp³-hybridized carbons (Fsp3) is 0.273. The number of hydrogen-bond donors (Lipinski definition) is 3. The van der Waals surface area contributed by atoms with Crippen molar-refractivity contribution in [3.63, 3.8) is 0 Å². The van der Waals surface area contributed by atoms with Crippen molar-refractivity contribution >= 4 is 11.6 Å². The number of nitrogens with one attached hydrogen (secondary N) is 3. The number of benzene rings is 1. The molecule has 1 aliphatic heterocycles. The summed E-state index contributed by atoms with van der Waals surface area (Å²) in [6, 6.07) is 9.20. The van der Waals surface area contributed by atoms with Crippen LogP contribution in [-0.4, -0.2) is 40.6 Å². The molecule has 1 amide bonds.